The van der Waals surface area contributed by atoms with Gasteiger partial charge in [0.15, 0.2) is 0 Å². The van der Waals surface area contributed by atoms with E-state index in [0.717, 1.165) is 6.07 Å². The molecule has 0 radical (unpaired) electrons. The topological polar surface area (TPSA) is 49.7 Å². The zero-order chi connectivity index (χ0) is 13.2. The number of halogens is 5. The summed E-state index contributed by atoms with van der Waals surface area (Å²) >= 11 is 0. The first-order valence-corrected chi connectivity index (χ1v) is 4.24. The molecule has 0 aliphatic carbocycles. The predicted molar refractivity (Wildman–Crippen MR) is 47.9 cm³/mol. The normalized spacial score (nSPS) is 11.8. The maximum absolute atomic E-state index is 12.4. The van der Waals surface area contributed by atoms with E-state index in [9.17, 15) is 22.0 Å². The Morgan fingerprint density at radius 1 is 1.18 bits per heavy atom. The van der Waals surface area contributed by atoms with Gasteiger partial charge in [-0.15, -0.1) is 13.2 Å². The summed E-state index contributed by atoms with van der Waals surface area (Å²) in [4.78, 5) is 0. The molecular formula is C8H6BF5O3. The lowest BCUT2D eigenvalue weighted by molar-refractivity contribution is -0.275. The molecule has 94 valence electrons. The van der Waals surface area contributed by atoms with Crippen LogP contribution in [0.1, 0.15) is 12.0 Å². The lowest BCUT2D eigenvalue weighted by atomic mass is 9.79. The number of benzene rings is 1. The maximum atomic E-state index is 12.4. The standard InChI is InChI=1S/C8H6BF5O3/c10-7(11)5-3-4(9(15)16)1-2-6(5)17-8(12,13)14/h1-3,7,15-16H. The van der Waals surface area contributed by atoms with E-state index >= 15 is 0 Å². The molecule has 0 aliphatic rings. The van der Waals surface area contributed by atoms with Crippen LogP contribution >= 0.6 is 0 Å². The largest absolute Gasteiger partial charge is 0.573 e. The van der Waals surface area contributed by atoms with Crippen LogP contribution in [0.4, 0.5) is 22.0 Å². The van der Waals surface area contributed by atoms with Gasteiger partial charge in [0.1, 0.15) is 5.75 Å². The highest BCUT2D eigenvalue weighted by atomic mass is 19.4. The Labute approximate surface area is 92.6 Å². The van der Waals surface area contributed by atoms with E-state index in [1.54, 1.807) is 0 Å². The van der Waals surface area contributed by atoms with Crippen LogP contribution in [0.15, 0.2) is 18.2 Å². The Morgan fingerprint density at radius 3 is 2.18 bits per heavy atom. The van der Waals surface area contributed by atoms with Gasteiger partial charge in [-0.25, -0.2) is 8.78 Å². The molecule has 0 aliphatic heterocycles. The summed E-state index contributed by atoms with van der Waals surface area (Å²) in [7, 11) is -2.05. The molecule has 0 fully saturated rings. The van der Waals surface area contributed by atoms with Gasteiger partial charge in [-0.3, -0.25) is 0 Å². The molecule has 0 saturated heterocycles. The number of ether oxygens (including phenoxy) is 1. The Hall–Kier alpha value is -1.35. The molecule has 0 atom stereocenters. The number of alkyl halides is 5. The van der Waals surface area contributed by atoms with Gasteiger partial charge in [0, 0.05) is 0 Å². The van der Waals surface area contributed by atoms with Gasteiger partial charge in [0.25, 0.3) is 6.43 Å². The van der Waals surface area contributed by atoms with Crippen LogP contribution in [0.5, 0.6) is 5.75 Å². The number of rotatable bonds is 3. The van der Waals surface area contributed by atoms with Gasteiger partial charge in [-0.05, 0) is 17.6 Å². The Morgan fingerprint density at radius 2 is 1.76 bits per heavy atom. The highest BCUT2D eigenvalue weighted by Crippen LogP contribution is 2.32. The monoisotopic (exact) mass is 256 g/mol. The fraction of sp³-hybridized carbons (Fsp3) is 0.250. The van der Waals surface area contributed by atoms with Gasteiger partial charge >= 0.3 is 13.5 Å². The van der Waals surface area contributed by atoms with E-state index in [0.29, 0.717) is 12.1 Å². The van der Waals surface area contributed by atoms with Crippen molar-refractivity contribution in [1.29, 1.82) is 0 Å². The van der Waals surface area contributed by atoms with E-state index < -0.39 is 31.2 Å². The second kappa shape index (κ2) is 4.88. The molecule has 1 aromatic rings. The van der Waals surface area contributed by atoms with Crippen molar-refractivity contribution < 1.29 is 36.7 Å². The maximum Gasteiger partial charge on any atom is 0.573 e. The van der Waals surface area contributed by atoms with E-state index in [-0.39, 0.29) is 5.46 Å². The molecule has 0 saturated carbocycles. The third-order valence-electron chi connectivity index (χ3n) is 1.79. The van der Waals surface area contributed by atoms with Gasteiger partial charge in [0.2, 0.25) is 0 Å². The minimum atomic E-state index is -5.09. The van der Waals surface area contributed by atoms with Crippen molar-refractivity contribution in [2.24, 2.45) is 0 Å². The smallest absolute Gasteiger partial charge is 0.423 e. The van der Waals surface area contributed by atoms with Gasteiger partial charge < -0.3 is 14.8 Å². The van der Waals surface area contributed by atoms with Crippen LogP contribution in [-0.2, 0) is 0 Å². The first-order valence-electron chi connectivity index (χ1n) is 4.24. The molecule has 0 unspecified atom stereocenters. The van der Waals surface area contributed by atoms with Gasteiger partial charge in [-0.2, -0.15) is 0 Å². The van der Waals surface area contributed by atoms with Crippen molar-refractivity contribution in [3.63, 3.8) is 0 Å². The van der Waals surface area contributed by atoms with E-state index in [4.69, 9.17) is 10.0 Å². The highest BCUT2D eigenvalue weighted by Gasteiger charge is 2.33. The lowest BCUT2D eigenvalue weighted by Crippen LogP contribution is -2.30. The molecule has 0 heterocycles. The van der Waals surface area contributed by atoms with Crippen LogP contribution in [0, 0.1) is 0 Å². The van der Waals surface area contributed by atoms with Gasteiger partial charge in [-0.1, -0.05) is 6.07 Å². The minimum Gasteiger partial charge on any atom is -0.423 e. The van der Waals surface area contributed by atoms with Crippen LogP contribution < -0.4 is 10.2 Å². The van der Waals surface area contributed by atoms with Crippen LogP contribution in [0.25, 0.3) is 0 Å². The molecule has 1 aromatic carbocycles. The third kappa shape index (κ3) is 3.86. The Bertz CT molecular complexity index is 393. The van der Waals surface area contributed by atoms with Crippen molar-refractivity contribution in [1.82, 2.24) is 0 Å². The first kappa shape index (κ1) is 13.7. The molecule has 9 heteroatoms. The van der Waals surface area contributed by atoms with Crippen LogP contribution in [-0.4, -0.2) is 23.5 Å². The highest BCUT2D eigenvalue weighted by molar-refractivity contribution is 6.58. The van der Waals surface area contributed by atoms with Crippen molar-refractivity contribution in [2.45, 2.75) is 12.8 Å². The average molecular weight is 256 g/mol. The van der Waals surface area contributed by atoms with Crippen molar-refractivity contribution in [3.8, 4) is 5.75 Å². The van der Waals surface area contributed by atoms with Gasteiger partial charge in [0.05, 0.1) is 5.56 Å². The summed E-state index contributed by atoms with van der Waals surface area (Å²) in [5.41, 5.74) is -1.41. The number of hydrogen-bond donors (Lipinski definition) is 2. The van der Waals surface area contributed by atoms with Crippen molar-refractivity contribution in [2.75, 3.05) is 0 Å². The Kier molecular flexibility index (Phi) is 3.94. The molecule has 2 N–H and O–H groups in total. The van der Waals surface area contributed by atoms with Crippen molar-refractivity contribution >= 4 is 12.6 Å². The van der Waals surface area contributed by atoms with E-state index in [1.165, 1.54) is 0 Å². The van der Waals surface area contributed by atoms with Crippen LogP contribution in [0.2, 0.25) is 0 Å². The van der Waals surface area contributed by atoms with Crippen molar-refractivity contribution in [3.05, 3.63) is 23.8 Å². The summed E-state index contributed by atoms with van der Waals surface area (Å²) in [5.74, 6) is -1.07. The SMILES string of the molecule is OB(O)c1ccc(OC(F)(F)F)c(C(F)F)c1. The summed E-state index contributed by atoms with van der Waals surface area (Å²) in [5, 5.41) is 17.4. The summed E-state index contributed by atoms with van der Waals surface area (Å²) in [6.45, 7) is 0. The summed E-state index contributed by atoms with van der Waals surface area (Å²) in [6, 6.07) is 1.98. The zero-order valence-corrected chi connectivity index (χ0v) is 8.08. The summed E-state index contributed by atoms with van der Waals surface area (Å²) < 4.78 is 63.9. The van der Waals surface area contributed by atoms with E-state index in [1.807, 2.05) is 0 Å². The molecule has 3 nitrogen and oxygen atoms in total. The fourth-order valence-electron chi connectivity index (χ4n) is 1.12. The average Bonchev–Trinajstić information content (AvgIpc) is 2.14. The lowest BCUT2D eigenvalue weighted by Gasteiger charge is -2.13. The molecule has 0 aromatic heterocycles. The molecule has 0 spiro atoms. The molecule has 0 bridgehead atoms. The van der Waals surface area contributed by atoms with Crippen LogP contribution in [0.3, 0.4) is 0 Å². The zero-order valence-electron chi connectivity index (χ0n) is 8.08. The quantitative estimate of drug-likeness (QED) is 0.631. The summed E-state index contributed by atoms with van der Waals surface area (Å²) in [6.07, 6.45) is -8.32. The molecule has 0 amide bonds. The second-order valence-corrected chi connectivity index (χ2v) is 3.02. The fourth-order valence-corrected chi connectivity index (χ4v) is 1.12. The van der Waals surface area contributed by atoms with E-state index in [2.05, 4.69) is 4.74 Å². The first-order chi connectivity index (χ1) is 7.70. The third-order valence-corrected chi connectivity index (χ3v) is 1.79. The Balaban J connectivity index is 3.13. The molecule has 17 heavy (non-hydrogen) atoms. The number of hydrogen-bond acceptors (Lipinski definition) is 3. The predicted octanol–water partition coefficient (Wildman–Crippen LogP) is 1.20. The molecule has 1 rings (SSSR count). The minimum absolute atomic E-state index is 0.352. The second-order valence-electron chi connectivity index (χ2n) is 3.02. The molecular weight excluding hydrogens is 250 g/mol.